The first kappa shape index (κ1) is 12.6. The van der Waals surface area contributed by atoms with E-state index in [1.807, 2.05) is 6.07 Å². The third kappa shape index (κ3) is 2.37. The Morgan fingerprint density at radius 2 is 2.26 bits per heavy atom. The van der Waals surface area contributed by atoms with Crippen LogP contribution < -0.4 is 16.2 Å². The van der Waals surface area contributed by atoms with Crippen LogP contribution in [0.1, 0.15) is 32.1 Å². The summed E-state index contributed by atoms with van der Waals surface area (Å²) in [5, 5.41) is 10.7. The van der Waals surface area contributed by atoms with Gasteiger partial charge in [0.15, 0.2) is 0 Å². The summed E-state index contributed by atoms with van der Waals surface area (Å²) >= 11 is 0. The molecule has 0 aromatic carbocycles. The second-order valence-electron chi connectivity index (χ2n) is 5.65. The Kier molecular flexibility index (Phi) is 3.28. The molecule has 6 nitrogen and oxygen atoms in total. The number of fused-ring (bicyclic) bond motifs is 1. The van der Waals surface area contributed by atoms with Crippen molar-refractivity contribution in [2.24, 2.45) is 11.8 Å². The van der Waals surface area contributed by atoms with Crippen LogP contribution >= 0.6 is 0 Å². The van der Waals surface area contributed by atoms with E-state index in [4.69, 9.17) is 5.84 Å². The third-order valence-electron chi connectivity index (χ3n) is 4.55. The molecule has 1 aromatic rings. The summed E-state index contributed by atoms with van der Waals surface area (Å²) in [6, 6.07) is 1.85. The summed E-state index contributed by atoms with van der Waals surface area (Å²) in [5.74, 6) is 7.24. The molecule has 0 bridgehead atoms. The second-order valence-corrected chi connectivity index (χ2v) is 5.65. The van der Waals surface area contributed by atoms with E-state index in [1.54, 1.807) is 0 Å². The summed E-state index contributed by atoms with van der Waals surface area (Å²) in [7, 11) is 0. The van der Waals surface area contributed by atoms with Gasteiger partial charge in [-0.1, -0.05) is 12.8 Å². The molecule has 1 aliphatic carbocycles. The predicted molar refractivity (Wildman–Crippen MR) is 73.6 cm³/mol. The van der Waals surface area contributed by atoms with Crippen molar-refractivity contribution in [3.05, 3.63) is 12.4 Å². The van der Waals surface area contributed by atoms with Gasteiger partial charge in [0.25, 0.3) is 0 Å². The largest absolute Gasteiger partial charge is 0.389 e. The van der Waals surface area contributed by atoms with Crippen molar-refractivity contribution in [2.45, 2.75) is 37.7 Å². The molecule has 2 heterocycles. The standard InChI is InChI=1S/C13H21N5O/c14-17-11-7-12(16-9-15-11)18-6-5-13(19)4-2-1-3-10(13)8-18/h7,9-10,19H,1-6,8,14H2,(H,15,16,17). The summed E-state index contributed by atoms with van der Waals surface area (Å²) in [5.41, 5.74) is 2.10. The SMILES string of the molecule is NNc1cc(N2CCC3(O)CCCCC3C2)ncn1. The maximum absolute atomic E-state index is 10.7. The second kappa shape index (κ2) is 4.94. The van der Waals surface area contributed by atoms with Crippen molar-refractivity contribution in [2.75, 3.05) is 23.4 Å². The van der Waals surface area contributed by atoms with Gasteiger partial charge in [-0.2, -0.15) is 0 Å². The van der Waals surface area contributed by atoms with Crippen LogP contribution in [-0.2, 0) is 0 Å². The van der Waals surface area contributed by atoms with E-state index in [2.05, 4.69) is 20.3 Å². The molecule has 1 saturated carbocycles. The number of nitrogen functional groups attached to an aromatic ring is 1. The minimum Gasteiger partial charge on any atom is -0.389 e. The molecule has 104 valence electrons. The highest BCUT2D eigenvalue weighted by molar-refractivity contribution is 5.48. The van der Waals surface area contributed by atoms with E-state index in [0.29, 0.717) is 11.7 Å². The van der Waals surface area contributed by atoms with Gasteiger partial charge in [-0.3, -0.25) is 0 Å². The number of hydrogen-bond acceptors (Lipinski definition) is 6. The zero-order valence-corrected chi connectivity index (χ0v) is 11.0. The molecule has 19 heavy (non-hydrogen) atoms. The molecule has 4 N–H and O–H groups in total. The van der Waals surface area contributed by atoms with Gasteiger partial charge in [-0.15, -0.1) is 0 Å². The van der Waals surface area contributed by atoms with Crippen LogP contribution in [0.2, 0.25) is 0 Å². The van der Waals surface area contributed by atoms with E-state index in [9.17, 15) is 5.11 Å². The van der Waals surface area contributed by atoms with Gasteiger partial charge in [-0.05, 0) is 19.3 Å². The summed E-state index contributed by atoms with van der Waals surface area (Å²) < 4.78 is 0. The number of nitrogens with two attached hydrogens (primary N) is 1. The van der Waals surface area contributed by atoms with Crippen LogP contribution in [0.4, 0.5) is 11.6 Å². The van der Waals surface area contributed by atoms with Gasteiger partial charge >= 0.3 is 0 Å². The lowest BCUT2D eigenvalue weighted by Gasteiger charge is -2.47. The highest BCUT2D eigenvalue weighted by atomic mass is 16.3. The Morgan fingerprint density at radius 3 is 3.11 bits per heavy atom. The van der Waals surface area contributed by atoms with Crippen LogP contribution in [0.15, 0.2) is 12.4 Å². The van der Waals surface area contributed by atoms with Crippen molar-refractivity contribution < 1.29 is 5.11 Å². The van der Waals surface area contributed by atoms with E-state index in [-0.39, 0.29) is 0 Å². The summed E-state index contributed by atoms with van der Waals surface area (Å²) in [6.07, 6.45) is 6.78. The monoisotopic (exact) mass is 263 g/mol. The Labute approximate surface area is 113 Å². The molecular weight excluding hydrogens is 242 g/mol. The molecule has 0 radical (unpaired) electrons. The van der Waals surface area contributed by atoms with Crippen LogP contribution in [0.3, 0.4) is 0 Å². The molecule has 3 rings (SSSR count). The number of anilines is 2. The van der Waals surface area contributed by atoms with Gasteiger partial charge in [0.2, 0.25) is 0 Å². The van der Waals surface area contributed by atoms with E-state index in [1.165, 1.54) is 12.7 Å². The minimum absolute atomic E-state index is 0.360. The van der Waals surface area contributed by atoms with Gasteiger partial charge < -0.3 is 15.4 Å². The number of hydrazine groups is 1. The third-order valence-corrected chi connectivity index (χ3v) is 4.55. The highest BCUT2D eigenvalue weighted by Crippen LogP contribution is 2.40. The Morgan fingerprint density at radius 1 is 1.37 bits per heavy atom. The molecule has 2 atom stereocenters. The normalized spacial score (nSPS) is 30.8. The lowest BCUT2D eigenvalue weighted by Crippen LogP contribution is -2.53. The number of aliphatic hydroxyl groups is 1. The number of nitrogens with one attached hydrogen (secondary N) is 1. The molecule has 1 aromatic heterocycles. The first-order valence-electron chi connectivity index (χ1n) is 6.97. The minimum atomic E-state index is -0.448. The van der Waals surface area contributed by atoms with Gasteiger partial charge in [-0.25, -0.2) is 15.8 Å². The average molecular weight is 263 g/mol. The molecule has 1 saturated heterocycles. The van der Waals surface area contributed by atoms with E-state index in [0.717, 1.165) is 44.6 Å². The van der Waals surface area contributed by atoms with Crippen molar-refractivity contribution in [3.8, 4) is 0 Å². The molecular formula is C13H21N5O. The lowest BCUT2D eigenvalue weighted by molar-refractivity contribution is -0.0613. The van der Waals surface area contributed by atoms with Crippen molar-refractivity contribution in [1.82, 2.24) is 9.97 Å². The molecule has 6 heteroatoms. The fourth-order valence-corrected chi connectivity index (χ4v) is 3.38. The van der Waals surface area contributed by atoms with Crippen molar-refractivity contribution >= 4 is 11.6 Å². The first-order valence-corrected chi connectivity index (χ1v) is 6.97. The molecule has 2 fully saturated rings. The average Bonchev–Trinajstić information content (AvgIpc) is 2.46. The Balaban J connectivity index is 1.76. The van der Waals surface area contributed by atoms with Crippen LogP contribution in [0, 0.1) is 5.92 Å². The lowest BCUT2D eigenvalue weighted by atomic mass is 9.71. The number of hydrogen-bond donors (Lipinski definition) is 3. The van der Waals surface area contributed by atoms with Crippen molar-refractivity contribution in [3.63, 3.8) is 0 Å². The fourth-order valence-electron chi connectivity index (χ4n) is 3.38. The summed E-state index contributed by atoms with van der Waals surface area (Å²) in [4.78, 5) is 10.6. The van der Waals surface area contributed by atoms with Crippen LogP contribution in [0.5, 0.6) is 0 Å². The number of piperidine rings is 1. The zero-order chi connectivity index (χ0) is 13.3. The number of nitrogens with zero attached hydrogens (tertiary/aromatic N) is 3. The Hall–Kier alpha value is -1.40. The zero-order valence-electron chi connectivity index (χ0n) is 11.0. The van der Waals surface area contributed by atoms with Gasteiger partial charge in [0.05, 0.1) is 5.60 Å². The van der Waals surface area contributed by atoms with Crippen LogP contribution in [-0.4, -0.2) is 33.8 Å². The molecule has 1 aliphatic heterocycles. The maximum Gasteiger partial charge on any atom is 0.145 e. The number of rotatable bonds is 2. The fraction of sp³-hybridized carbons (Fsp3) is 0.692. The molecule has 0 amide bonds. The maximum atomic E-state index is 10.7. The molecule has 2 aliphatic rings. The first-order chi connectivity index (χ1) is 9.21. The van der Waals surface area contributed by atoms with Crippen LogP contribution in [0.25, 0.3) is 0 Å². The predicted octanol–water partition coefficient (Wildman–Crippen LogP) is 0.894. The Bertz CT molecular complexity index is 454. The smallest absolute Gasteiger partial charge is 0.145 e. The van der Waals surface area contributed by atoms with Crippen molar-refractivity contribution in [1.29, 1.82) is 0 Å². The molecule has 2 unspecified atom stereocenters. The topological polar surface area (TPSA) is 87.3 Å². The van der Waals surface area contributed by atoms with Gasteiger partial charge in [0, 0.05) is 25.1 Å². The molecule has 0 spiro atoms. The quantitative estimate of drug-likeness (QED) is 0.542. The highest BCUT2D eigenvalue weighted by Gasteiger charge is 2.42. The number of aromatic nitrogens is 2. The van der Waals surface area contributed by atoms with E-state index >= 15 is 0 Å². The van der Waals surface area contributed by atoms with Gasteiger partial charge in [0.1, 0.15) is 18.0 Å². The van der Waals surface area contributed by atoms with E-state index < -0.39 is 5.60 Å². The summed E-state index contributed by atoms with van der Waals surface area (Å²) in [6.45, 7) is 1.71.